The Balaban J connectivity index is 2.72. The summed E-state index contributed by atoms with van der Waals surface area (Å²) in [6, 6.07) is 0. The van der Waals surface area contributed by atoms with Crippen molar-refractivity contribution in [2.45, 2.75) is 11.9 Å². The summed E-state index contributed by atoms with van der Waals surface area (Å²) in [6.07, 6.45) is 1.18. The molecule has 7 nitrogen and oxygen atoms in total. The lowest BCUT2D eigenvalue weighted by Gasteiger charge is -2.02. The van der Waals surface area contributed by atoms with Crippen molar-refractivity contribution in [2.24, 2.45) is 0 Å². The number of nitrogens with one attached hydrogen (secondary N) is 2. The van der Waals surface area contributed by atoms with E-state index in [1.54, 1.807) is 6.92 Å². The zero-order chi connectivity index (χ0) is 11.5. The highest BCUT2D eigenvalue weighted by Gasteiger charge is 2.17. The minimum atomic E-state index is -3.71. The highest BCUT2D eigenvalue weighted by atomic mass is 32.2. The number of sulfonamides is 1. The Hall–Kier alpha value is -1.41. The summed E-state index contributed by atoms with van der Waals surface area (Å²) in [5.74, 6) is -0.178. The van der Waals surface area contributed by atoms with Gasteiger partial charge in [-0.15, -0.1) is 0 Å². The summed E-state index contributed by atoms with van der Waals surface area (Å²) in [7, 11) is -2.54. The molecule has 0 saturated carbocycles. The second kappa shape index (κ2) is 4.41. The summed E-state index contributed by atoms with van der Waals surface area (Å²) in [5.41, 5.74) is 0. The average Bonchev–Trinajstić information content (AvgIpc) is 2.62. The van der Waals surface area contributed by atoms with Gasteiger partial charge in [-0.25, -0.2) is 13.4 Å². The number of hydrogen-bond donors (Lipinski definition) is 2. The van der Waals surface area contributed by atoms with Crippen LogP contribution in [0, 0.1) is 6.92 Å². The number of carbonyl (C=O) groups excluding carboxylic acids is 1. The molecule has 0 saturated heterocycles. The third-order valence-corrected chi connectivity index (χ3v) is 2.91. The second-order valence-electron chi connectivity index (χ2n) is 2.73. The summed E-state index contributed by atoms with van der Waals surface area (Å²) >= 11 is 0. The summed E-state index contributed by atoms with van der Waals surface area (Å²) in [5, 5.41) is -0.0797. The van der Waals surface area contributed by atoms with Crippen molar-refractivity contribution in [3.8, 4) is 0 Å². The van der Waals surface area contributed by atoms with Crippen LogP contribution in [0.3, 0.4) is 0 Å². The van der Waals surface area contributed by atoms with E-state index in [0.29, 0.717) is 5.82 Å². The van der Waals surface area contributed by atoms with E-state index in [1.165, 1.54) is 13.3 Å². The highest BCUT2D eigenvalue weighted by Crippen LogP contribution is 2.03. The molecule has 1 heterocycles. The van der Waals surface area contributed by atoms with E-state index < -0.39 is 22.5 Å². The molecule has 8 heteroatoms. The number of esters is 1. The molecule has 0 bridgehead atoms. The minimum Gasteiger partial charge on any atom is -0.468 e. The third kappa shape index (κ3) is 3.03. The van der Waals surface area contributed by atoms with Crippen LogP contribution >= 0.6 is 0 Å². The Kier molecular flexibility index (Phi) is 3.43. The number of carbonyl (C=O) groups is 1. The molecule has 0 radical (unpaired) electrons. The number of aromatic nitrogens is 2. The van der Waals surface area contributed by atoms with E-state index in [0.717, 1.165) is 0 Å². The predicted octanol–water partition coefficient (Wildman–Crippen LogP) is -0.831. The molecule has 1 aromatic heterocycles. The monoisotopic (exact) mass is 233 g/mol. The van der Waals surface area contributed by atoms with Crippen LogP contribution in [0.5, 0.6) is 0 Å². The van der Waals surface area contributed by atoms with Crippen LogP contribution in [-0.2, 0) is 19.6 Å². The number of hydrogen-bond acceptors (Lipinski definition) is 5. The van der Waals surface area contributed by atoms with Gasteiger partial charge in [-0.1, -0.05) is 0 Å². The van der Waals surface area contributed by atoms with Crippen LogP contribution in [0.25, 0.3) is 0 Å². The molecule has 0 aliphatic rings. The molecule has 0 aliphatic heterocycles. The smallest absolute Gasteiger partial charge is 0.320 e. The zero-order valence-electron chi connectivity index (χ0n) is 8.27. The van der Waals surface area contributed by atoms with E-state index in [9.17, 15) is 13.2 Å². The molecular weight excluding hydrogens is 222 g/mol. The van der Waals surface area contributed by atoms with Crippen molar-refractivity contribution < 1.29 is 17.9 Å². The molecule has 0 aromatic carbocycles. The topological polar surface area (TPSA) is 101 Å². The van der Waals surface area contributed by atoms with E-state index in [2.05, 4.69) is 19.4 Å². The van der Waals surface area contributed by atoms with Crippen LogP contribution in [-0.4, -0.2) is 38.0 Å². The number of rotatable bonds is 4. The van der Waals surface area contributed by atoms with Gasteiger partial charge in [-0.05, 0) is 6.92 Å². The molecule has 0 amide bonds. The molecule has 0 aliphatic carbocycles. The molecule has 2 N–H and O–H groups in total. The molecular formula is C7H11N3O4S. The van der Waals surface area contributed by atoms with Crippen molar-refractivity contribution in [3.05, 3.63) is 12.0 Å². The maximum atomic E-state index is 11.5. The maximum absolute atomic E-state index is 11.5. The Bertz CT molecular complexity index is 451. The SMILES string of the molecule is COC(=O)CNS(=O)(=O)c1cnc(C)[nH]1. The van der Waals surface area contributed by atoms with Crippen LogP contribution in [0.2, 0.25) is 0 Å². The van der Waals surface area contributed by atoms with Crippen LogP contribution < -0.4 is 4.72 Å². The lowest BCUT2D eigenvalue weighted by Crippen LogP contribution is -2.30. The van der Waals surface area contributed by atoms with Gasteiger partial charge in [-0.3, -0.25) is 4.79 Å². The molecule has 0 spiro atoms. The van der Waals surface area contributed by atoms with Crippen LogP contribution in [0.1, 0.15) is 5.82 Å². The standard InChI is InChI=1S/C7H11N3O4S/c1-5-8-3-6(10-5)15(12,13)9-4-7(11)14-2/h3,9H,4H2,1-2H3,(H,8,10). The normalized spacial score (nSPS) is 11.3. The van der Waals surface area contributed by atoms with Gasteiger partial charge in [0.25, 0.3) is 10.0 Å². The Morgan fingerprint density at radius 2 is 2.33 bits per heavy atom. The highest BCUT2D eigenvalue weighted by molar-refractivity contribution is 7.89. The fraction of sp³-hybridized carbons (Fsp3) is 0.429. The van der Waals surface area contributed by atoms with Crippen LogP contribution in [0.4, 0.5) is 0 Å². The number of aromatic amines is 1. The number of methoxy groups -OCH3 is 1. The number of aryl methyl sites for hydroxylation is 1. The first-order chi connectivity index (χ1) is 6.95. The van der Waals surface area contributed by atoms with Gasteiger partial charge >= 0.3 is 5.97 Å². The van der Waals surface area contributed by atoms with Crippen LogP contribution in [0.15, 0.2) is 11.2 Å². The number of nitrogens with zero attached hydrogens (tertiary/aromatic N) is 1. The quantitative estimate of drug-likeness (QED) is 0.661. The van der Waals surface area contributed by atoms with Gasteiger partial charge in [0.15, 0.2) is 5.03 Å². The Morgan fingerprint density at radius 3 is 2.80 bits per heavy atom. The first kappa shape index (κ1) is 11.7. The molecule has 84 valence electrons. The number of imidazole rings is 1. The largest absolute Gasteiger partial charge is 0.468 e. The molecule has 15 heavy (non-hydrogen) atoms. The third-order valence-electron chi connectivity index (χ3n) is 1.60. The fourth-order valence-electron chi connectivity index (χ4n) is 0.839. The summed E-state index contributed by atoms with van der Waals surface area (Å²) in [6.45, 7) is 1.22. The molecule has 0 fully saturated rings. The Morgan fingerprint density at radius 1 is 1.67 bits per heavy atom. The van der Waals surface area contributed by atoms with E-state index in [4.69, 9.17) is 0 Å². The minimum absolute atomic E-state index is 0.0797. The van der Waals surface area contributed by atoms with Gasteiger partial charge in [0.2, 0.25) is 0 Å². The van der Waals surface area contributed by atoms with Crippen molar-refractivity contribution in [3.63, 3.8) is 0 Å². The van der Waals surface area contributed by atoms with Gasteiger partial charge in [0, 0.05) is 0 Å². The molecule has 1 rings (SSSR count). The fourth-order valence-corrected chi connectivity index (χ4v) is 1.78. The second-order valence-corrected chi connectivity index (χ2v) is 4.47. The summed E-state index contributed by atoms with van der Waals surface area (Å²) in [4.78, 5) is 17.0. The van der Waals surface area contributed by atoms with Crippen molar-refractivity contribution in [1.82, 2.24) is 14.7 Å². The zero-order valence-corrected chi connectivity index (χ0v) is 9.09. The number of ether oxygens (including phenoxy) is 1. The Labute approximate surface area is 86.9 Å². The van der Waals surface area contributed by atoms with Gasteiger partial charge in [-0.2, -0.15) is 4.72 Å². The van der Waals surface area contributed by atoms with Crippen molar-refractivity contribution in [1.29, 1.82) is 0 Å². The van der Waals surface area contributed by atoms with Gasteiger partial charge < -0.3 is 9.72 Å². The van der Waals surface area contributed by atoms with Gasteiger partial charge in [0.1, 0.15) is 12.4 Å². The average molecular weight is 233 g/mol. The molecule has 0 atom stereocenters. The maximum Gasteiger partial charge on any atom is 0.320 e. The summed E-state index contributed by atoms with van der Waals surface area (Å²) < 4.78 is 29.3. The predicted molar refractivity (Wildman–Crippen MR) is 50.5 cm³/mol. The number of H-pyrrole nitrogens is 1. The lowest BCUT2D eigenvalue weighted by molar-refractivity contribution is -0.139. The molecule has 0 unspecified atom stereocenters. The first-order valence-corrected chi connectivity index (χ1v) is 5.52. The van der Waals surface area contributed by atoms with E-state index >= 15 is 0 Å². The van der Waals surface area contributed by atoms with E-state index in [-0.39, 0.29) is 5.03 Å². The van der Waals surface area contributed by atoms with E-state index in [1.807, 2.05) is 0 Å². The van der Waals surface area contributed by atoms with Crippen molar-refractivity contribution in [2.75, 3.05) is 13.7 Å². The first-order valence-electron chi connectivity index (χ1n) is 4.04. The lowest BCUT2D eigenvalue weighted by atomic mass is 10.7. The van der Waals surface area contributed by atoms with Gasteiger partial charge in [0.05, 0.1) is 13.3 Å². The van der Waals surface area contributed by atoms with Crippen molar-refractivity contribution >= 4 is 16.0 Å². The molecule has 1 aromatic rings.